The molecule has 0 saturated carbocycles. The number of ether oxygens (including phenoxy) is 3. The lowest BCUT2D eigenvalue weighted by Gasteiger charge is -2.17. The summed E-state index contributed by atoms with van der Waals surface area (Å²) in [6.45, 7) is 0. The fourth-order valence-electron chi connectivity index (χ4n) is 2.88. The molecule has 0 aliphatic heterocycles. The lowest BCUT2D eigenvalue weighted by atomic mass is 10.1. The van der Waals surface area contributed by atoms with E-state index in [9.17, 15) is 18.0 Å². The van der Waals surface area contributed by atoms with Crippen molar-refractivity contribution < 1.29 is 32.2 Å². The van der Waals surface area contributed by atoms with Gasteiger partial charge in [0, 0.05) is 24.5 Å². The Morgan fingerprint density at radius 3 is 2.19 bits per heavy atom. The number of anilines is 2. The van der Waals surface area contributed by atoms with Gasteiger partial charge in [0.05, 0.1) is 50.3 Å². The number of urea groups is 1. The number of alkyl halides is 3. The van der Waals surface area contributed by atoms with Crippen LogP contribution in [0.1, 0.15) is 5.56 Å². The lowest BCUT2D eigenvalue weighted by Crippen LogP contribution is -2.21. The van der Waals surface area contributed by atoms with E-state index in [2.05, 4.69) is 15.6 Å². The number of carbonyl (C=O) groups is 1. The number of rotatable bonds is 6. The van der Waals surface area contributed by atoms with Crippen LogP contribution in [0, 0.1) is 0 Å². The van der Waals surface area contributed by atoms with Gasteiger partial charge in [-0.2, -0.15) is 13.2 Å². The number of aromatic nitrogens is 2. The van der Waals surface area contributed by atoms with Crippen LogP contribution in [0.25, 0.3) is 5.69 Å². The van der Waals surface area contributed by atoms with E-state index >= 15 is 0 Å². The van der Waals surface area contributed by atoms with Crippen LogP contribution in [0.5, 0.6) is 17.2 Å². The second-order valence-corrected chi connectivity index (χ2v) is 6.19. The summed E-state index contributed by atoms with van der Waals surface area (Å²) in [5.74, 6) is 0.932. The van der Waals surface area contributed by atoms with E-state index in [1.807, 2.05) is 0 Å². The minimum Gasteiger partial charge on any atom is -0.493 e. The van der Waals surface area contributed by atoms with Crippen molar-refractivity contribution in [1.29, 1.82) is 0 Å². The summed E-state index contributed by atoms with van der Waals surface area (Å²) in [6.07, 6.45) is -0.149. The Hall–Kier alpha value is -3.89. The molecule has 3 rings (SSSR count). The van der Waals surface area contributed by atoms with Crippen molar-refractivity contribution >= 4 is 17.4 Å². The average molecular weight is 436 g/mol. The number of methoxy groups -OCH3 is 3. The van der Waals surface area contributed by atoms with E-state index < -0.39 is 17.8 Å². The molecule has 2 amide bonds. The molecule has 3 aromatic rings. The SMILES string of the molecule is COc1cc(NC(=O)Nc2cc(C(F)(F)F)ccc2-n2ccnc2)cc(OC)c1OC. The van der Waals surface area contributed by atoms with Gasteiger partial charge in [-0.05, 0) is 18.2 Å². The highest BCUT2D eigenvalue weighted by molar-refractivity contribution is 6.01. The van der Waals surface area contributed by atoms with Crippen molar-refractivity contribution in [3.63, 3.8) is 0 Å². The van der Waals surface area contributed by atoms with E-state index in [-0.39, 0.29) is 11.4 Å². The third kappa shape index (κ3) is 4.82. The van der Waals surface area contributed by atoms with Gasteiger partial charge >= 0.3 is 12.2 Å². The monoisotopic (exact) mass is 436 g/mol. The fraction of sp³-hybridized carbons (Fsp3) is 0.200. The normalized spacial score (nSPS) is 11.0. The van der Waals surface area contributed by atoms with Crippen molar-refractivity contribution in [2.45, 2.75) is 6.18 Å². The highest BCUT2D eigenvalue weighted by Crippen LogP contribution is 2.40. The molecule has 0 atom stereocenters. The Kier molecular flexibility index (Phi) is 6.23. The number of imidazole rings is 1. The van der Waals surface area contributed by atoms with Crippen LogP contribution in [0.3, 0.4) is 0 Å². The van der Waals surface area contributed by atoms with E-state index in [4.69, 9.17) is 14.2 Å². The molecule has 1 aromatic heterocycles. The Morgan fingerprint density at radius 1 is 1.00 bits per heavy atom. The first kappa shape index (κ1) is 21.8. The first-order valence-corrected chi connectivity index (χ1v) is 8.84. The number of nitrogens with one attached hydrogen (secondary N) is 2. The third-order valence-electron chi connectivity index (χ3n) is 4.28. The highest BCUT2D eigenvalue weighted by atomic mass is 19.4. The number of hydrogen-bond donors (Lipinski definition) is 2. The second-order valence-electron chi connectivity index (χ2n) is 6.19. The van der Waals surface area contributed by atoms with E-state index in [0.717, 1.165) is 12.1 Å². The summed E-state index contributed by atoms with van der Waals surface area (Å²) in [5, 5.41) is 5.00. The number of hydrogen-bond acceptors (Lipinski definition) is 5. The molecule has 2 aromatic carbocycles. The summed E-state index contributed by atoms with van der Waals surface area (Å²) in [7, 11) is 4.27. The minimum absolute atomic E-state index is 0.0576. The van der Waals surface area contributed by atoms with Crippen molar-refractivity contribution in [3.8, 4) is 22.9 Å². The quantitative estimate of drug-likeness (QED) is 0.592. The second kappa shape index (κ2) is 8.86. The zero-order valence-electron chi connectivity index (χ0n) is 16.8. The summed E-state index contributed by atoms with van der Waals surface area (Å²) in [5.41, 5.74) is -0.370. The molecule has 0 spiro atoms. The molecule has 1 heterocycles. The molecule has 0 saturated heterocycles. The Labute approximate surface area is 175 Å². The molecule has 0 bridgehead atoms. The maximum atomic E-state index is 13.2. The standard InChI is InChI=1S/C20H19F3N4O4/c1-29-16-9-13(10-17(30-2)18(16)31-3)25-19(28)26-14-8-12(20(21,22)23)4-5-15(14)27-7-6-24-11-27/h4-11H,1-3H3,(H2,25,26,28). The van der Waals surface area contributed by atoms with Gasteiger partial charge in [0.1, 0.15) is 0 Å². The zero-order valence-corrected chi connectivity index (χ0v) is 16.8. The molecule has 0 aliphatic rings. The number of nitrogens with zero attached hydrogens (tertiary/aromatic N) is 2. The fourth-order valence-corrected chi connectivity index (χ4v) is 2.88. The first-order valence-electron chi connectivity index (χ1n) is 8.84. The predicted molar refractivity (Wildman–Crippen MR) is 107 cm³/mol. The number of amides is 2. The van der Waals surface area contributed by atoms with Crippen LogP contribution in [-0.4, -0.2) is 36.9 Å². The molecule has 0 fully saturated rings. The van der Waals surface area contributed by atoms with Crippen molar-refractivity contribution in [1.82, 2.24) is 9.55 Å². The Bertz CT molecular complexity index is 1040. The molecular weight excluding hydrogens is 417 g/mol. The molecule has 2 N–H and O–H groups in total. The molecule has 164 valence electrons. The van der Waals surface area contributed by atoms with Crippen molar-refractivity contribution in [3.05, 3.63) is 54.6 Å². The van der Waals surface area contributed by atoms with Gasteiger partial charge in [-0.1, -0.05) is 0 Å². The predicted octanol–water partition coefficient (Wildman–Crippen LogP) is 4.56. The van der Waals surface area contributed by atoms with Gasteiger partial charge in [-0.15, -0.1) is 0 Å². The maximum absolute atomic E-state index is 13.2. The Balaban J connectivity index is 1.91. The summed E-state index contributed by atoms with van der Waals surface area (Å²) in [4.78, 5) is 16.5. The molecular formula is C20H19F3N4O4. The largest absolute Gasteiger partial charge is 0.493 e. The highest BCUT2D eigenvalue weighted by Gasteiger charge is 2.31. The maximum Gasteiger partial charge on any atom is 0.416 e. The van der Waals surface area contributed by atoms with Gasteiger partial charge in [0.15, 0.2) is 11.5 Å². The minimum atomic E-state index is -4.57. The summed E-state index contributed by atoms with van der Waals surface area (Å²) < 4.78 is 56.7. The molecule has 0 aliphatic carbocycles. The molecule has 8 nitrogen and oxygen atoms in total. The molecule has 11 heteroatoms. The van der Waals surface area contributed by atoms with Gasteiger partial charge in [-0.25, -0.2) is 9.78 Å². The van der Waals surface area contributed by atoms with Gasteiger partial charge in [-0.3, -0.25) is 0 Å². The topological polar surface area (TPSA) is 86.6 Å². The van der Waals surface area contributed by atoms with Gasteiger partial charge in [0.25, 0.3) is 0 Å². The van der Waals surface area contributed by atoms with Crippen LogP contribution in [-0.2, 0) is 6.18 Å². The summed E-state index contributed by atoms with van der Waals surface area (Å²) >= 11 is 0. The van der Waals surface area contributed by atoms with Crippen LogP contribution in [0.15, 0.2) is 49.1 Å². The molecule has 31 heavy (non-hydrogen) atoms. The Morgan fingerprint density at radius 2 is 1.68 bits per heavy atom. The first-order chi connectivity index (χ1) is 14.8. The molecule has 0 radical (unpaired) electrons. The smallest absolute Gasteiger partial charge is 0.416 e. The number of carbonyl (C=O) groups excluding carboxylic acids is 1. The van der Waals surface area contributed by atoms with Gasteiger partial charge in [0.2, 0.25) is 5.75 Å². The van der Waals surface area contributed by atoms with E-state index in [1.165, 1.54) is 56.6 Å². The van der Waals surface area contributed by atoms with Crippen LogP contribution >= 0.6 is 0 Å². The van der Waals surface area contributed by atoms with Crippen molar-refractivity contribution in [2.24, 2.45) is 0 Å². The lowest BCUT2D eigenvalue weighted by molar-refractivity contribution is -0.137. The third-order valence-corrected chi connectivity index (χ3v) is 4.28. The van der Waals surface area contributed by atoms with E-state index in [1.54, 1.807) is 6.20 Å². The summed E-state index contributed by atoms with van der Waals surface area (Å²) in [6, 6.07) is 5.24. The van der Waals surface area contributed by atoms with Crippen molar-refractivity contribution in [2.75, 3.05) is 32.0 Å². The van der Waals surface area contributed by atoms with Crippen LogP contribution in [0.2, 0.25) is 0 Å². The molecule has 0 unspecified atom stereocenters. The van der Waals surface area contributed by atoms with Crippen LogP contribution < -0.4 is 24.8 Å². The van der Waals surface area contributed by atoms with E-state index in [0.29, 0.717) is 22.9 Å². The average Bonchev–Trinajstić information content (AvgIpc) is 3.26. The van der Waals surface area contributed by atoms with Gasteiger partial charge < -0.3 is 29.4 Å². The zero-order chi connectivity index (χ0) is 22.6. The van der Waals surface area contributed by atoms with Crippen LogP contribution in [0.4, 0.5) is 29.3 Å². The number of benzene rings is 2. The number of halogens is 3.